The lowest BCUT2D eigenvalue weighted by Gasteiger charge is -2.15. The predicted molar refractivity (Wildman–Crippen MR) is 113 cm³/mol. The van der Waals surface area contributed by atoms with E-state index in [1.54, 1.807) is 36.7 Å². The minimum absolute atomic E-state index is 0.101. The zero-order valence-electron chi connectivity index (χ0n) is 16.3. The molecule has 3 heterocycles. The molecule has 0 bridgehead atoms. The average Bonchev–Trinajstić information content (AvgIpc) is 3.18. The largest absolute Gasteiger partial charge is 0.358 e. The Labute approximate surface area is 176 Å². The van der Waals surface area contributed by atoms with Gasteiger partial charge >= 0.3 is 0 Å². The summed E-state index contributed by atoms with van der Waals surface area (Å²) in [5.74, 6) is -0.467. The molecular formula is C23H17F2N5O. The Bertz CT molecular complexity index is 1300. The van der Waals surface area contributed by atoms with Crippen LogP contribution in [0.3, 0.4) is 0 Å². The van der Waals surface area contributed by atoms with Crippen molar-refractivity contribution in [2.24, 2.45) is 0 Å². The fraction of sp³-hybridized carbons (Fsp3) is 0.130. The summed E-state index contributed by atoms with van der Waals surface area (Å²) in [6, 6.07) is 11.9. The number of pyridine rings is 1. The molecule has 1 unspecified atom stereocenters. The minimum atomic E-state index is -0.656. The first-order valence-corrected chi connectivity index (χ1v) is 9.80. The van der Waals surface area contributed by atoms with Crippen LogP contribution in [0.25, 0.3) is 33.4 Å². The molecule has 2 aromatic carbocycles. The third-order valence-electron chi connectivity index (χ3n) is 5.22. The van der Waals surface area contributed by atoms with Gasteiger partial charge in [0, 0.05) is 41.5 Å². The van der Waals surface area contributed by atoms with Gasteiger partial charge in [0.15, 0.2) is 5.82 Å². The summed E-state index contributed by atoms with van der Waals surface area (Å²) in [6.45, 7) is 0.584. The maximum absolute atomic E-state index is 14.4. The van der Waals surface area contributed by atoms with E-state index in [0.717, 1.165) is 11.6 Å². The number of carbonyl (C=O) groups is 1. The number of halogens is 2. The van der Waals surface area contributed by atoms with Gasteiger partial charge in [-0.3, -0.25) is 9.78 Å². The Morgan fingerprint density at radius 3 is 2.68 bits per heavy atom. The molecule has 0 spiro atoms. The second-order valence-electron chi connectivity index (χ2n) is 7.27. The molecule has 0 aliphatic carbocycles. The summed E-state index contributed by atoms with van der Waals surface area (Å²) in [4.78, 5) is 25.5. The molecule has 2 N–H and O–H groups in total. The van der Waals surface area contributed by atoms with Gasteiger partial charge in [-0.05, 0) is 48.4 Å². The van der Waals surface area contributed by atoms with Gasteiger partial charge in [0.05, 0.1) is 5.52 Å². The molecule has 1 aliphatic rings. The molecule has 4 aromatic rings. The maximum atomic E-state index is 14.4. The summed E-state index contributed by atoms with van der Waals surface area (Å²) in [5, 5.41) is 6.64. The first kappa shape index (κ1) is 19.0. The molecular weight excluding hydrogens is 400 g/mol. The first-order valence-electron chi connectivity index (χ1n) is 9.80. The van der Waals surface area contributed by atoms with Crippen molar-refractivity contribution in [2.75, 3.05) is 11.9 Å². The van der Waals surface area contributed by atoms with E-state index >= 15 is 0 Å². The lowest BCUT2D eigenvalue weighted by molar-refractivity contribution is -0.119. The lowest BCUT2D eigenvalue weighted by Crippen LogP contribution is -2.30. The third kappa shape index (κ3) is 3.68. The van der Waals surface area contributed by atoms with Crippen molar-refractivity contribution in [3.8, 4) is 22.5 Å². The van der Waals surface area contributed by atoms with Gasteiger partial charge < -0.3 is 10.6 Å². The van der Waals surface area contributed by atoms with Crippen LogP contribution in [0.5, 0.6) is 0 Å². The molecule has 0 saturated carbocycles. The van der Waals surface area contributed by atoms with Crippen LogP contribution in [0.2, 0.25) is 0 Å². The van der Waals surface area contributed by atoms with Crippen molar-refractivity contribution in [3.05, 3.63) is 72.6 Å². The van der Waals surface area contributed by atoms with E-state index < -0.39 is 17.7 Å². The van der Waals surface area contributed by atoms with Crippen LogP contribution in [0.15, 0.2) is 60.9 Å². The highest BCUT2D eigenvalue weighted by Crippen LogP contribution is 2.31. The van der Waals surface area contributed by atoms with Gasteiger partial charge in [-0.25, -0.2) is 18.7 Å². The van der Waals surface area contributed by atoms with Crippen LogP contribution in [-0.4, -0.2) is 33.4 Å². The van der Waals surface area contributed by atoms with E-state index in [9.17, 15) is 13.6 Å². The van der Waals surface area contributed by atoms with Gasteiger partial charge in [0.1, 0.15) is 23.5 Å². The average molecular weight is 417 g/mol. The number of hydrogen-bond donors (Lipinski definition) is 2. The highest BCUT2D eigenvalue weighted by molar-refractivity contribution is 5.96. The summed E-state index contributed by atoms with van der Waals surface area (Å²) >= 11 is 0. The highest BCUT2D eigenvalue weighted by atomic mass is 19.1. The number of amides is 1. The monoisotopic (exact) mass is 417 g/mol. The Kier molecular flexibility index (Phi) is 4.74. The number of carbonyl (C=O) groups excluding carboxylic acids is 1. The summed E-state index contributed by atoms with van der Waals surface area (Å²) in [7, 11) is 0. The van der Waals surface area contributed by atoms with E-state index in [2.05, 4.69) is 25.6 Å². The minimum Gasteiger partial charge on any atom is -0.358 e. The number of benzene rings is 2. The summed E-state index contributed by atoms with van der Waals surface area (Å²) < 4.78 is 27.7. The molecule has 5 rings (SSSR count). The topological polar surface area (TPSA) is 79.8 Å². The van der Waals surface area contributed by atoms with E-state index in [-0.39, 0.29) is 11.5 Å². The zero-order chi connectivity index (χ0) is 21.4. The number of hydrogen-bond acceptors (Lipinski definition) is 5. The number of nitrogens with one attached hydrogen (secondary N) is 2. The second kappa shape index (κ2) is 7.71. The van der Waals surface area contributed by atoms with Gasteiger partial charge in [0.25, 0.3) is 0 Å². The quantitative estimate of drug-likeness (QED) is 0.526. The van der Waals surface area contributed by atoms with Crippen LogP contribution < -0.4 is 10.6 Å². The Hall–Kier alpha value is -3.94. The van der Waals surface area contributed by atoms with Crippen molar-refractivity contribution >= 4 is 22.6 Å². The number of fused-ring (bicyclic) bond motifs is 1. The fourth-order valence-corrected chi connectivity index (χ4v) is 3.65. The smallest absolute Gasteiger partial charge is 0.242 e. The predicted octanol–water partition coefficient (Wildman–Crippen LogP) is 3.94. The second-order valence-corrected chi connectivity index (χ2v) is 7.27. The molecule has 154 valence electrons. The molecule has 0 radical (unpaired) electrons. The van der Waals surface area contributed by atoms with Crippen molar-refractivity contribution in [1.29, 1.82) is 0 Å². The summed E-state index contributed by atoms with van der Waals surface area (Å²) in [5.41, 5.74) is 2.18. The standard InChI is InChI=1S/C23H17F2N5O/c24-15-4-5-16(18(25)11-15)13-3-6-19-17(10-13)22(29-20-7-9-27-23(20)31)30-21(28-19)14-2-1-8-26-12-14/h1-6,8,10-12,20H,7,9H2,(H,27,31)(H,28,29,30). The molecule has 1 saturated heterocycles. The van der Waals surface area contributed by atoms with Crippen molar-refractivity contribution in [2.45, 2.75) is 12.5 Å². The lowest BCUT2D eigenvalue weighted by atomic mass is 10.0. The molecule has 1 fully saturated rings. The number of anilines is 1. The van der Waals surface area contributed by atoms with Crippen LogP contribution in [-0.2, 0) is 4.79 Å². The Morgan fingerprint density at radius 1 is 1.03 bits per heavy atom. The van der Waals surface area contributed by atoms with Crippen LogP contribution in [0.4, 0.5) is 14.6 Å². The number of rotatable bonds is 4. The maximum Gasteiger partial charge on any atom is 0.242 e. The van der Waals surface area contributed by atoms with Gasteiger partial charge in [-0.15, -0.1) is 0 Å². The van der Waals surface area contributed by atoms with Gasteiger partial charge in [0.2, 0.25) is 5.91 Å². The van der Waals surface area contributed by atoms with Gasteiger partial charge in [-0.2, -0.15) is 0 Å². The molecule has 1 amide bonds. The van der Waals surface area contributed by atoms with E-state index in [1.165, 1.54) is 12.1 Å². The van der Waals surface area contributed by atoms with E-state index in [0.29, 0.717) is 41.1 Å². The molecule has 2 aromatic heterocycles. The Morgan fingerprint density at radius 2 is 1.94 bits per heavy atom. The molecule has 6 nitrogen and oxygen atoms in total. The van der Waals surface area contributed by atoms with Crippen molar-refractivity contribution in [1.82, 2.24) is 20.3 Å². The Balaban J connectivity index is 1.66. The van der Waals surface area contributed by atoms with Gasteiger partial charge in [-0.1, -0.05) is 6.07 Å². The third-order valence-corrected chi connectivity index (χ3v) is 5.22. The normalized spacial score (nSPS) is 15.8. The highest BCUT2D eigenvalue weighted by Gasteiger charge is 2.25. The number of aromatic nitrogens is 3. The number of nitrogens with zero attached hydrogens (tertiary/aromatic N) is 3. The van der Waals surface area contributed by atoms with E-state index in [1.807, 2.05) is 6.07 Å². The fourth-order valence-electron chi connectivity index (χ4n) is 3.65. The molecule has 1 aliphatic heterocycles. The molecule has 31 heavy (non-hydrogen) atoms. The van der Waals surface area contributed by atoms with Crippen LogP contribution in [0, 0.1) is 11.6 Å². The first-order chi connectivity index (χ1) is 15.1. The van der Waals surface area contributed by atoms with E-state index in [4.69, 9.17) is 0 Å². The van der Waals surface area contributed by atoms with Crippen molar-refractivity contribution < 1.29 is 13.6 Å². The van der Waals surface area contributed by atoms with Crippen LogP contribution >= 0.6 is 0 Å². The summed E-state index contributed by atoms with van der Waals surface area (Å²) in [6.07, 6.45) is 3.95. The van der Waals surface area contributed by atoms with Crippen molar-refractivity contribution in [3.63, 3.8) is 0 Å². The zero-order valence-corrected chi connectivity index (χ0v) is 16.3. The molecule has 1 atom stereocenters. The molecule has 8 heteroatoms. The SMILES string of the molecule is O=C1NCCC1Nc1nc(-c2cccnc2)nc2ccc(-c3ccc(F)cc3F)cc12. The van der Waals surface area contributed by atoms with Crippen LogP contribution in [0.1, 0.15) is 6.42 Å².